The zero-order valence-corrected chi connectivity index (χ0v) is 13.4. The minimum atomic E-state index is -0.424. The maximum Gasteiger partial charge on any atom is 0.230 e. The van der Waals surface area contributed by atoms with Crippen LogP contribution >= 0.6 is 11.5 Å². The number of aliphatic hydroxyl groups is 1. The summed E-state index contributed by atoms with van der Waals surface area (Å²) in [6, 6.07) is 0. The van der Waals surface area contributed by atoms with Gasteiger partial charge in [0.25, 0.3) is 0 Å². The third-order valence-electron chi connectivity index (χ3n) is 5.27. The van der Waals surface area contributed by atoms with Crippen molar-refractivity contribution in [1.82, 2.24) is 14.7 Å². The molecule has 6 nitrogen and oxygen atoms in total. The number of hydrogen-bond donors (Lipinski definition) is 2. The average Bonchev–Trinajstić information content (AvgIpc) is 2.98. The van der Waals surface area contributed by atoms with Gasteiger partial charge in [0, 0.05) is 37.1 Å². The molecule has 3 heterocycles. The van der Waals surface area contributed by atoms with Crippen LogP contribution < -0.4 is 10.2 Å². The molecule has 0 aromatic carbocycles. The normalized spacial score (nSPS) is 28.5. The number of carbonyl (C=O) groups is 1. The summed E-state index contributed by atoms with van der Waals surface area (Å²) in [5.74, 6) is 1.59. The largest absolute Gasteiger partial charge is 0.391 e. The van der Waals surface area contributed by atoms with Gasteiger partial charge in [-0.3, -0.25) is 4.79 Å². The van der Waals surface area contributed by atoms with Crippen LogP contribution in [0.25, 0.3) is 0 Å². The molecule has 2 aliphatic heterocycles. The molecule has 1 aromatic heterocycles. The first-order chi connectivity index (χ1) is 10.7. The third-order valence-corrected chi connectivity index (χ3v) is 6.06. The van der Waals surface area contributed by atoms with Gasteiger partial charge in [0.15, 0.2) is 0 Å². The molecular formula is C15H22N4O2S. The van der Waals surface area contributed by atoms with Crippen LogP contribution in [0.4, 0.5) is 5.13 Å². The van der Waals surface area contributed by atoms with Gasteiger partial charge in [0.05, 0.1) is 11.5 Å². The van der Waals surface area contributed by atoms with Gasteiger partial charge in [0.1, 0.15) is 5.82 Å². The van der Waals surface area contributed by atoms with E-state index in [0.29, 0.717) is 32.0 Å². The Morgan fingerprint density at radius 2 is 2.05 bits per heavy atom. The molecule has 1 atom stereocenters. The number of anilines is 1. The van der Waals surface area contributed by atoms with Crippen LogP contribution in [-0.2, 0) is 4.79 Å². The van der Waals surface area contributed by atoms with Gasteiger partial charge in [-0.1, -0.05) is 19.3 Å². The first kappa shape index (κ1) is 14.4. The van der Waals surface area contributed by atoms with Crippen LogP contribution in [0.15, 0.2) is 0 Å². The van der Waals surface area contributed by atoms with Crippen molar-refractivity contribution < 1.29 is 9.90 Å². The summed E-state index contributed by atoms with van der Waals surface area (Å²) in [6.45, 7) is 1.68. The maximum absolute atomic E-state index is 12.1. The number of hydrogen-bond acceptors (Lipinski definition) is 6. The van der Waals surface area contributed by atoms with E-state index in [0.717, 1.165) is 11.0 Å². The monoisotopic (exact) mass is 322 g/mol. The molecule has 4 rings (SSSR count). The minimum absolute atomic E-state index is 0.0751. The van der Waals surface area contributed by atoms with E-state index >= 15 is 0 Å². The van der Waals surface area contributed by atoms with E-state index in [9.17, 15) is 9.90 Å². The highest BCUT2D eigenvalue weighted by molar-refractivity contribution is 7.09. The van der Waals surface area contributed by atoms with E-state index in [1.54, 1.807) is 0 Å². The Kier molecular flexibility index (Phi) is 3.57. The summed E-state index contributed by atoms with van der Waals surface area (Å²) in [4.78, 5) is 18.9. The number of carbonyl (C=O) groups excluding carboxylic acids is 1. The first-order valence-electron chi connectivity index (χ1n) is 8.21. The van der Waals surface area contributed by atoms with Crippen molar-refractivity contribution in [3.8, 4) is 0 Å². The molecule has 0 radical (unpaired) electrons. The van der Waals surface area contributed by atoms with E-state index in [1.165, 1.54) is 43.6 Å². The van der Waals surface area contributed by atoms with Gasteiger partial charge in [-0.2, -0.15) is 4.37 Å². The Hall–Kier alpha value is -1.21. The molecule has 2 saturated heterocycles. The Morgan fingerprint density at radius 3 is 2.82 bits per heavy atom. The summed E-state index contributed by atoms with van der Waals surface area (Å²) in [6.07, 6.45) is 6.44. The number of aliphatic hydroxyl groups excluding tert-OH is 1. The van der Waals surface area contributed by atoms with Gasteiger partial charge in [-0.25, -0.2) is 4.98 Å². The lowest BCUT2D eigenvalue weighted by Gasteiger charge is -2.51. The summed E-state index contributed by atoms with van der Waals surface area (Å²) in [5, 5.41) is 13.5. The fraction of sp³-hybridized carbons (Fsp3) is 0.800. The minimum Gasteiger partial charge on any atom is -0.391 e. The summed E-state index contributed by atoms with van der Waals surface area (Å²) < 4.78 is 4.55. The van der Waals surface area contributed by atoms with Crippen LogP contribution in [-0.4, -0.2) is 46.1 Å². The number of β-amino-alcohol motifs (C(OH)–C–C–N with tert-alkyl or cyclic N) is 1. The number of rotatable bonds is 2. The zero-order chi connectivity index (χ0) is 15.2. The van der Waals surface area contributed by atoms with Crippen molar-refractivity contribution in [2.45, 2.75) is 50.5 Å². The SMILES string of the molecule is O=C1NC[C@@H](O)CC12CN(c1nc(C3CCCCC3)ns1)C2. The first-order valence-corrected chi connectivity index (χ1v) is 8.99. The van der Waals surface area contributed by atoms with Crippen molar-refractivity contribution in [1.29, 1.82) is 0 Å². The molecule has 120 valence electrons. The van der Waals surface area contributed by atoms with Crippen molar-refractivity contribution in [2.75, 3.05) is 24.5 Å². The molecule has 3 aliphatic rings. The van der Waals surface area contributed by atoms with Gasteiger partial charge in [0.2, 0.25) is 11.0 Å². The highest BCUT2D eigenvalue weighted by atomic mass is 32.1. The number of nitrogens with one attached hydrogen (secondary N) is 1. The molecule has 1 spiro atoms. The molecule has 3 fully saturated rings. The number of piperidine rings is 1. The Bertz CT molecular complexity index is 564. The van der Waals surface area contributed by atoms with E-state index < -0.39 is 11.5 Å². The fourth-order valence-electron chi connectivity index (χ4n) is 3.99. The van der Waals surface area contributed by atoms with Crippen LogP contribution in [0, 0.1) is 5.41 Å². The van der Waals surface area contributed by atoms with E-state index in [2.05, 4.69) is 14.6 Å². The van der Waals surface area contributed by atoms with Crippen molar-refractivity contribution in [3.05, 3.63) is 5.82 Å². The summed E-state index contributed by atoms with van der Waals surface area (Å²) in [5.41, 5.74) is -0.422. The molecule has 2 N–H and O–H groups in total. The number of aromatic nitrogens is 2. The van der Waals surface area contributed by atoms with Gasteiger partial charge in [-0.05, 0) is 19.3 Å². The molecule has 0 unspecified atom stereocenters. The van der Waals surface area contributed by atoms with Crippen LogP contribution in [0.2, 0.25) is 0 Å². The van der Waals surface area contributed by atoms with Crippen molar-refractivity contribution >= 4 is 22.6 Å². The third kappa shape index (κ3) is 2.40. The average molecular weight is 322 g/mol. The quantitative estimate of drug-likeness (QED) is 0.857. The van der Waals surface area contributed by atoms with E-state index in [1.807, 2.05) is 0 Å². The number of nitrogens with zero attached hydrogens (tertiary/aromatic N) is 3. The second-order valence-electron chi connectivity index (χ2n) is 6.97. The predicted octanol–water partition coefficient (Wildman–Crippen LogP) is 1.27. The van der Waals surface area contributed by atoms with Gasteiger partial charge >= 0.3 is 0 Å². The maximum atomic E-state index is 12.1. The lowest BCUT2D eigenvalue weighted by atomic mass is 9.72. The van der Waals surface area contributed by atoms with Crippen molar-refractivity contribution in [3.63, 3.8) is 0 Å². The van der Waals surface area contributed by atoms with Crippen LogP contribution in [0.3, 0.4) is 0 Å². The van der Waals surface area contributed by atoms with Gasteiger partial charge < -0.3 is 15.3 Å². The van der Waals surface area contributed by atoms with Crippen LogP contribution in [0.1, 0.15) is 50.3 Å². The second-order valence-corrected chi connectivity index (χ2v) is 7.70. The standard InChI is InChI=1S/C15H22N4O2S/c20-11-6-15(13(21)16-7-11)8-19(9-15)14-17-12(18-22-14)10-4-2-1-3-5-10/h10-11,20H,1-9H2,(H,16,21)/t11-/m0/s1. The molecule has 1 aliphatic carbocycles. The smallest absolute Gasteiger partial charge is 0.230 e. The van der Waals surface area contributed by atoms with Gasteiger partial charge in [-0.15, -0.1) is 0 Å². The summed E-state index contributed by atoms with van der Waals surface area (Å²) in [7, 11) is 0. The molecule has 1 aromatic rings. The second kappa shape index (κ2) is 5.45. The highest BCUT2D eigenvalue weighted by Gasteiger charge is 2.53. The molecular weight excluding hydrogens is 300 g/mol. The highest BCUT2D eigenvalue weighted by Crippen LogP contribution is 2.41. The predicted molar refractivity (Wildman–Crippen MR) is 84.0 cm³/mol. The lowest BCUT2D eigenvalue weighted by Crippen LogP contribution is -2.67. The van der Waals surface area contributed by atoms with Crippen LogP contribution in [0.5, 0.6) is 0 Å². The fourth-order valence-corrected chi connectivity index (χ4v) is 4.73. The summed E-state index contributed by atoms with van der Waals surface area (Å²) >= 11 is 1.45. The molecule has 1 saturated carbocycles. The van der Waals surface area contributed by atoms with E-state index in [-0.39, 0.29) is 5.91 Å². The lowest BCUT2D eigenvalue weighted by molar-refractivity contribution is -0.139. The van der Waals surface area contributed by atoms with Crippen molar-refractivity contribution in [2.24, 2.45) is 5.41 Å². The molecule has 1 amide bonds. The Labute approximate surface area is 134 Å². The molecule has 7 heteroatoms. The Morgan fingerprint density at radius 1 is 1.27 bits per heavy atom. The van der Waals surface area contributed by atoms with E-state index in [4.69, 9.17) is 4.98 Å². The Balaban J connectivity index is 1.42. The molecule has 22 heavy (non-hydrogen) atoms. The number of amides is 1. The molecule has 0 bridgehead atoms. The topological polar surface area (TPSA) is 78.4 Å². The zero-order valence-electron chi connectivity index (χ0n) is 12.6.